The summed E-state index contributed by atoms with van der Waals surface area (Å²) in [6.45, 7) is 0.427. The largest absolute Gasteiger partial charge is 0.410 e. The number of nitrogens with zero attached hydrogens (tertiary/aromatic N) is 2. The summed E-state index contributed by atoms with van der Waals surface area (Å²) >= 11 is 12.1. The summed E-state index contributed by atoms with van der Waals surface area (Å²) in [7, 11) is 1.46. The maximum atomic E-state index is 13.7. The zero-order valence-corrected chi connectivity index (χ0v) is 16.2. The molecule has 1 aliphatic heterocycles. The van der Waals surface area contributed by atoms with Gasteiger partial charge in [-0.1, -0.05) is 35.3 Å². The minimum Gasteiger partial charge on any atom is -0.383 e. The number of ether oxygens (including phenoxy) is 1. The molecule has 0 spiro atoms. The molecule has 0 unspecified atom stereocenters. The van der Waals surface area contributed by atoms with Crippen LogP contribution in [0.3, 0.4) is 0 Å². The highest BCUT2D eigenvalue weighted by atomic mass is 35.5. The third-order valence-corrected chi connectivity index (χ3v) is 4.98. The van der Waals surface area contributed by atoms with Crippen molar-refractivity contribution in [2.75, 3.05) is 25.6 Å². The fourth-order valence-electron chi connectivity index (χ4n) is 3.00. The number of alkyl halides is 3. The maximum absolute atomic E-state index is 13.7. The van der Waals surface area contributed by atoms with Crippen LogP contribution in [0.15, 0.2) is 24.3 Å². The second-order valence-corrected chi connectivity index (χ2v) is 7.06. The van der Waals surface area contributed by atoms with Gasteiger partial charge in [-0.2, -0.15) is 18.3 Å². The van der Waals surface area contributed by atoms with Gasteiger partial charge in [0.15, 0.2) is 11.7 Å². The van der Waals surface area contributed by atoms with E-state index in [1.807, 2.05) is 0 Å². The van der Waals surface area contributed by atoms with Gasteiger partial charge >= 0.3 is 6.18 Å². The second-order valence-electron chi connectivity index (χ2n) is 6.25. The number of benzene rings is 1. The van der Waals surface area contributed by atoms with E-state index in [0.29, 0.717) is 10.6 Å². The molecule has 0 fully saturated rings. The molecule has 28 heavy (non-hydrogen) atoms. The van der Waals surface area contributed by atoms with Crippen molar-refractivity contribution in [3.63, 3.8) is 0 Å². The fourth-order valence-corrected chi connectivity index (χ4v) is 3.39. The second kappa shape index (κ2) is 8.18. The van der Waals surface area contributed by atoms with E-state index in [9.17, 15) is 18.0 Å². The monoisotopic (exact) mass is 436 g/mol. The van der Waals surface area contributed by atoms with Crippen molar-refractivity contribution >= 4 is 34.9 Å². The smallest absolute Gasteiger partial charge is 0.383 e. The van der Waals surface area contributed by atoms with E-state index in [-0.39, 0.29) is 36.1 Å². The molecule has 2 atom stereocenters. The Morgan fingerprint density at radius 3 is 2.64 bits per heavy atom. The molecule has 2 aromatic rings. The first-order valence-electron chi connectivity index (χ1n) is 8.36. The summed E-state index contributed by atoms with van der Waals surface area (Å²) in [4.78, 5) is 12.3. The van der Waals surface area contributed by atoms with Crippen molar-refractivity contribution in [1.82, 2.24) is 15.1 Å². The van der Waals surface area contributed by atoms with Crippen LogP contribution in [0, 0.1) is 0 Å². The number of fused-ring (bicyclic) bond motifs is 1. The van der Waals surface area contributed by atoms with Crippen molar-refractivity contribution in [1.29, 1.82) is 0 Å². The molecule has 0 bridgehead atoms. The van der Waals surface area contributed by atoms with Crippen LogP contribution in [0.2, 0.25) is 10.0 Å². The van der Waals surface area contributed by atoms with Crippen LogP contribution in [0.5, 0.6) is 0 Å². The first-order valence-corrected chi connectivity index (χ1v) is 9.11. The Labute approximate surface area is 168 Å². The maximum Gasteiger partial charge on any atom is 0.410 e. The zero-order chi connectivity index (χ0) is 20.5. The molecule has 2 heterocycles. The van der Waals surface area contributed by atoms with Gasteiger partial charge in [0.2, 0.25) is 0 Å². The van der Waals surface area contributed by atoms with Crippen molar-refractivity contribution in [2.45, 2.75) is 24.7 Å². The van der Waals surface area contributed by atoms with Crippen molar-refractivity contribution in [3.05, 3.63) is 45.6 Å². The number of carbonyl (C=O) groups is 1. The van der Waals surface area contributed by atoms with E-state index >= 15 is 0 Å². The van der Waals surface area contributed by atoms with E-state index < -0.39 is 24.2 Å². The summed E-state index contributed by atoms with van der Waals surface area (Å²) in [5, 5.41) is 9.63. The highest BCUT2D eigenvalue weighted by Crippen LogP contribution is 2.46. The number of anilines is 1. The molecule has 2 N–H and O–H groups in total. The number of amides is 1. The number of nitrogens with one attached hydrogen (secondary N) is 2. The van der Waals surface area contributed by atoms with Crippen molar-refractivity contribution in [3.8, 4) is 0 Å². The van der Waals surface area contributed by atoms with Gasteiger partial charge in [-0.25, -0.2) is 4.68 Å². The summed E-state index contributed by atoms with van der Waals surface area (Å²) in [5.41, 5.74) is 0.347. The lowest BCUT2D eigenvalue weighted by molar-refractivity contribution is -0.173. The topological polar surface area (TPSA) is 68.2 Å². The lowest BCUT2D eigenvalue weighted by atomic mass is 9.97. The van der Waals surface area contributed by atoms with E-state index in [0.717, 1.165) is 4.68 Å². The van der Waals surface area contributed by atoms with Gasteiger partial charge in [0.1, 0.15) is 10.8 Å². The molecule has 1 aliphatic rings. The standard InChI is InChI=1S/C17H17Cl2F3N4O2/c1-28-7-6-23-16(27)14-13(19)15-24-11(9-2-4-10(18)5-3-9)8-12(17(20,21)22)26(15)25-14/h2-5,11-12,24H,6-8H2,1H3,(H,23,27)/t11-,12+/m0/s1. The minimum atomic E-state index is -4.57. The number of rotatable bonds is 5. The SMILES string of the molecule is COCCNC(=O)c1nn2c(c1Cl)N[C@H](c1ccc(Cl)cc1)C[C@@H]2C(F)(F)F. The molecule has 1 aromatic heterocycles. The Morgan fingerprint density at radius 1 is 1.36 bits per heavy atom. The highest BCUT2D eigenvalue weighted by Gasteiger charge is 2.47. The fraction of sp³-hybridized carbons (Fsp3) is 0.412. The number of hydrogen-bond acceptors (Lipinski definition) is 4. The predicted molar refractivity (Wildman–Crippen MR) is 99.0 cm³/mol. The average molecular weight is 437 g/mol. The van der Waals surface area contributed by atoms with Crippen LogP contribution >= 0.6 is 23.2 Å². The summed E-state index contributed by atoms with van der Waals surface area (Å²) in [5.74, 6) is -0.721. The average Bonchev–Trinajstić information content (AvgIpc) is 2.98. The Morgan fingerprint density at radius 2 is 2.04 bits per heavy atom. The van der Waals surface area contributed by atoms with Gasteiger partial charge in [0.05, 0.1) is 12.6 Å². The molecule has 1 amide bonds. The lowest BCUT2D eigenvalue weighted by Gasteiger charge is -2.33. The number of methoxy groups -OCH3 is 1. The Bertz CT molecular complexity index is 855. The quantitative estimate of drug-likeness (QED) is 0.688. The third-order valence-electron chi connectivity index (χ3n) is 4.37. The number of carbonyl (C=O) groups excluding carboxylic acids is 1. The number of aromatic nitrogens is 2. The molecular formula is C17H17Cl2F3N4O2. The molecule has 0 aliphatic carbocycles. The Balaban J connectivity index is 1.96. The molecule has 0 radical (unpaired) electrons. The van der Waals surface area contributed by atoms with Gasteiger partial charge < -0.3 is 15.4 Å². The van der Waals surface area contributed by atoms with Gasteiger partial charge in [-0.05, 0) is 17.7 Å². The molecule has 6 nitrogen and oxygen atoms in total. The van der Waals surface area contributed by atoms with Crippen LogP contribution in [0.25, 0.3) is 0 Å². The van der Waals surface area contributed by atoms with Crippen molar-refractivity contribution in [2.24, 2.45) is 0 Å². The zero-order valence-electron chi connectivity index (χ0n) is 14.7. The van der Waals surface area contributed by atoms with Gasteiger partial charge in [0, 0.05) is 25.1 Å². The van der Waals surface area contributed by atoms with E-state index in [1.54, 1.807) is 24.3 Å². The first-order chi connectivity index (χ1) is 13.2. The molecule has 1 aromatic carbocycles. The lowest BCUT2D eigenvalue weighted by Crippen LogP contribution is -2.36. The van der Waals surface area contributed by atoms with Gasteiger partial charge in [0.25, 0.3) is 5.91 Å². The van der Waals surface area contributed by atoms with Crippen LogP contribution < -0.4 is 10.6 Å². The molecule has 0 saturated heterocycles. The van der Waals surface area contributed by atoms with Gasteiger partial charge in [-0.15, -0.1) is 0 Å². The summed E-state index contributed by atoms with van der Waals surface area (Å²) in [6.07, 6.45) is -4.87. The van der Waals surface area contributed by atoms with Crippen molar-refractivity contribution < 1.29 is 22.7 Å². The number of hydrogen-bond donors (Lipinski definition) is 2. The van der Waals surface area contributed by atoms with E-state index in [4.69, 9.17) is 27.9 Å². The minimum absolute atomic E-state index is 0.0490. The molecule has 152 valence electrons. The first kappa shape index (κ1) is 20.8. The highest BCUT2D eigenvalue weighted by molar-refractivity contribution is 6.36. The molecular weight excluding hydrogens is 420 g/mol. The summed E-state index contributed by atoms with van der Waals surface area (Å²) in [6, 6.07) is 3.89. The predicted octanol–water partition coefficient (Wildman–Crippen LogP) is 4.23. The number of halogens is 5. The summed E-state index contributed by atoms with van der Waals surface area (Å²) < 4.78 is 46.6. The molecule has 11 heteroatoms. The molecule has 0 saturated carbocycles. The van der Waals surface area contributed by atoms with Crippen LogP contribution in [-0.4, -0.2) is 42.1 Å². The Kier molecular flexibility index (Phi) is 6.07. The Hall–Kier alpha value is -1.97. The van der Waals surface area contributed by atoms with Gasteiger partial charge in [-0.3, -0.25) is 4.79 Å². The third kappa shape index (κ3) is 4.21. The molecule has 3 rings (SSSR count). The van der Waals surface area contributed by atoms with E-state index in [1.165, 1.54) is 7.11 Å². The van der Waals surface area contributed by atoms with Crippen LogP contribution in [0.4, 0.5) is 19.0 Å². The van der Waals surface area contributed by atoms with Crippen LogP contribution in [0.1, 0.15) is 34.6 Å². The van der Waals surface area contributed by atoms with E-state index in [2.05, 4.69) is 15.7 Å². The normalized spacial score (nSPS) is 19.1. The van der Waals surface area contributed by atoms with Crippen LogP contribution in [-0.2, 0) is 4.74 Å².